The molecule has 1 atom stereocenters. The third kappa shape index (κ3) is 2.17. The second kappa shape index (κ2) is 4.54. The maximum absolute atomic E-state index is 9.13. The number of rotatable bonds is 1. The fourth-order valence-corrected chi connectivity index (χ4v) is 2.05. The van der Waals surface area contributed by atoms with Gasteiger partial charge in [0.05, 0.1) is 24.0 Å². The molecule has 1 fully saturated rings. The molecule has 1 aliphatic heterocycles. The van der Waals surface area contributed by atoms with Crippen LogP contribution in [-0.2, 0) is 4.74 Å². The summed E-state index contributed by atoms with van der Waals surface area (Å²) in [6, 6.07) is 8.29. The Balaban J connectivity index is 2.29. The van der Waals surface area contributed by atoms with Gasteiger partial charge in [-0.1, -0.05) is 6.07 Å². The third-order valence-corrected chi connectivity index (χ3v) is 2.85. The molecule has 0 bridgehead atoms. The molecule has 0 saturated carbocycles. The van der Waals surface area contributed by atoms with Crippen LogP contribution in [-0.4, -0.2) is 25.8 Å². The summed E-state index contributed by atoms with van der Waals surface area (Å²) in [5.74, 6) is 0. The van der Waals surface area contributed by atoms with E-state index in [9.17, 15) is 0 Å². The number of nitriles is 1. The van der Waals surface area contributed by atoms with Crippen LogP contribution in [0.5, 0.6) is 0 Å². The molecule has 3 nitrogen and oxygen atoms in total. The number of benzene rings is 1. The highest BCUT2D eigenvalue weighted by molar-refractivity contribution is 5.60. The first-order chi connectivity index (χ1) is 7.70. The Kier molecular flexibility index (Phi) is 3.12. The minimum atomic E-state index is 0.238. The fraction of sp³-hybridized carbons (Fsp3) is 0.462. The van der Waals surface area contributed by atoms with E-state index in [1.165, 1.54) is 0 Å². The summed E-state index contributed by atoms with van der Waals surface area (Å²) in [5.41, 5.74) is 2.92. The molecule has 0 spiro atoms. The minimum Gasteiger partial charge on any atom is -0.375 e. The molecule has 1 aromatic rings. The number of nitrogens with zero attached hydrogens (tertiary/aromatic N) is 2. The lowest BCUT2D eigenvalue weighted by Crippen LogP contribution is -2.41. The van der Waals surface area contributed by atoms with Crippen molar-refractivity contribution in [2.75, 3.05) is 24.6 Å². The Hall–Kier alpha value is -1.53. The van der Waals surface area contributed by atoms with Gasteiger partial charge in [-0.2, -0.15) is 5.26 Å². The SMILES string of the molecule is Cc1ccc(N2CCOC(C)C2)c(C#N)c1. The molecule has 0 amide bonds. The van der Waals surface area contributed by atoms with Gasteiger partial charge in [0.25, 0.3) is 0 Å². The Labute approximate surface area is 96.2 Å². The number of anilines is 1. The van der Waals surface area contributed by atoms with E-state index in [0.29, 0.717) is 0 Å². The maximum Gasteiger partial charge on any atom is 0.101 e. The van der Waals surface area contributed by atoms with Crippen LogP contribution in [0.3, 0.4) is 0 Å². The molecule has 16 heavy (non-hydrogen) atoms. The van der Waals surface area contributed by atoms with Gasteiger partial charge in [-0.05, 0) is 31.5 Å². The lowest BCUT2D eigenvalue weighted by atomic mass is 10.1. The van der Waals surface area contributed by atoms with Gasteiger partial charge in [0, 0.05) is 13.1 Å². The second-order valence-corrected chi connectivity index (χ2v) is 4.26. The van der Waals surface area contributed by atoms with Gasteiger partial charge in [0.15, 0.2) is 0 Å². The van der Waals surface area contributed by atoms with Gasteiger partial charge in [-0.3, -0.25) is 0 Å². The Bertz CT molecular complexity index is 422. The van der Waals surface area contributed by atoms with Crippen molar-refractivity contribution in [1.29, 1.82) is 5.26 Å². The van der Waals surface area contributed by atoms with Crippen molar-refractivity contribution in [3.8, 4) is 6.07 Å². The van der Waals surface area contributed by atoms with Crippen LogP contribution in [0.15, 0.2) is 18.2 Å². The first-order valence-electron chi connectivity index (χ1n) is 5.58. The number of morpholine rings is 1. The molecule has 1 heterocycles. The van der Waals surface area contributed by atoms with Gasteiger partial charge in [0.1, 0.15) is 6.07 Å². The monoisotopic (exact) mass is 216 g/mol. The molecule has 0 radical (unpaired) electrons. The number of hydrogen-bond donors (Lipinski definition) is 0. The van der Waals surface area contributed by atoms with E-state index in [4.69, 9.17) is 10.00 Å². The summed E-state index contributed by atoms with van der Waals surface area (Å²) < 4.78 is 5.50. The van der Waals surface area contributed by atoms with Crippen LogP contribution in [0.2, 0.25) is 0 Å². The Morgan fingerprint density at radius 2 is 2.31 bits per heavy atom. The van der Waals surface area contributed by atoms with Crippen molar-refractivity contribution in [3.63, 3.8) is 0 Å². The Morgan fingerprint density at radius 1 is 1.50 bits per heavy atom. The summed E-state index contributed by atoms with van der Waals surface area (Å²) in [6.07, 6.45) is 0.238. The van der Waals surface area contributed by atoms with E-state index in [-0.39, 0.29) is 6.10 Å². The van der Waals surface area contributed by atoms with Crippen LogP contribution < -0.4 is 4.90 Å². The standard InChI is InChI=1S/C13H16N2O/c1-10-3-4-13(12(7-10)8-14)15-5-6-16-11(2)9-15/h3-4,7,11H,5-6,9H2,1-2H3. The van der Waals surface area contributed by atoms with Gasteiger partial charge >= 0.3 is 0 Å². The first-order valence-corrected chi connectivity index (χ1v) is 5.58. The normalized spacial score (nSPS) is 20.6. The van der Waals surface area contributed by atoms with E-state index in [1.807, 2.05) is 19.1 Å². The summed E-state index contributed by atoms with van der Waals surface area (Å²) in [4.78, 5) is 2.23. The Morgan fingerprint density at radius 3 is 3.00 bits per heavy atom. The zero-order valence-electron chi connectivity index (χ0n) is 9.73. The lowest BCUT2D eigenvalue weighted by Gasteiger charge is -2.33. The van der Waals surface area contributed by atoms with Crippen LogP contribution in [0, 0.1) is 18.3 Å². The van der Waals surface area contributed by atoms with E-state index in [2.05, 4.69) is 24.0 Å². The van der Waals surface area contributed by atoms with Crippen LogP contribution in [0.25, 0.3) is 0 Å². The van der Waals surface area contributed by atoms with Gasteiger partial charge in [-0.15, -0.1) is 0 Å². The summed E-state index contributed by atoms with van der Waals surface area (Å²) in [5, 5.41) is 9.13. The van der Waals surface area contributed by atoms with Crippen LogP contribution >= 0.6 is 0 Å². The van der Waals surface area contributed by atoms with E-state index < -0.39 is 0 Å². The molecule has 1 aromatic carbocycles. The molecule has 0 aliphatic carbocycles. The van der Waals surface area contributed by atoms with E-state index in [0.717, 1.165) is 36.5 Å². The minimum absolute atomic E-state index is 0.238. The molecule has 3 heteroatoms. The highest BCUT2D eigenvalue weighted by Gasteiger charge is 2.19. The average molecular weight is 216 g/mol. The zero-order valence-corrected chi connectivity index (χ0v) is 9.73. The molecule has 2 rings (SSSR count). The maximum atomic E-state index is 9.13. The van der Waals surface area contributed by atoms with Crippen LogP contribution in [0.1, 0.15) is 18.1 Å². The average Bonchev–Trinajstić information content (AvgIpc) is 2.28. The molecular formula is C13H16N2O. The third-order valence-electron chi connectivity index (χ3n) is 2.85. The zero-order chi connectivity index (χ0) is 11.5. The summed E-state index contributed by atoms with van der Waals surface area (Å²) in [7, 11) is 0. The molecular weight excluding hydrogens is 200 g/mol. The molecule has 1 unspecified atom stereocenters. The predicted molar refractivity (Wildman–Crippen MR) is 63.5 cm³/mol. The summed E-state index contributed by atoms with van der Waals surface area (Å²) in [6.45, 7) is 6.53. The second-order valence-electron chi connectivity index (χ2n) is 4.26. The van der Waals surface area contributed by atoms with Crippen molar-refractivity contribution in [3.05, 3.63) is 29.3 Å². The largest absolute Gasteiger partial charge is 0.375 e. The van der Waals surface area contributed by atoms with Gasteiger partial charge in [0.2, 0.25) is 0 Å². The smallest absolute Gasteiger partial charge is 0.101 e. The van der Waals surface area contributed by atoms with Gasteiger partial charge in [-0.25, -0.2) is 0 Å². The molecule has 1 saturated heterocycles. The van der Waals surface area contributed by atoms with Crippen LogP contribution in [0.4, 0.5) is 5.69 Å². The molecule has 1 aliphatic rings. The predicted octanol–water partition coefficient (Wildman–Crippen LogP) is 2.09. The highest BCUT2D eigenvalue weighted by atomic mass is 16.5. The lowest BCUT2D eigenvalue weighted by molar-refractivity contribution is 0.0532. The molecule has 0 N–H and O–H groups in total. The van der Waals surface area contributed by atoms with Gasteiger partial charge < -0.3 is 9.64 Å². The number of aryl methyl sites for hydroxylation is 1. The molecule has 0 aromatic heterocycles. The van der Waals surface area contributed by atoms with E-state index in [1.54, 1.807) is 0 Å². The first kappa shape index (κ1) is 11.0. The van der Waals surface area contributed by atoms with E-state index >= 15 is 0 Å². The van der Waals surface area contributed by atoms with Crippen molar-refractivity contribution < 1.29 is 4.74 Å². The fourth-order valence-electron chi connectivity index (χ4n) is 2.05. The molecule has 84 valence electrons. The summed E-state index contributed by atoms with van der Waals surface area (Å²) >= 11 is 0. The van der Waals surface area contributed by atoms with Crippen molar-refractivity contribution in [2.24, 2.45) is 0 Å². The highest BCUT2D eigenvalue weighted by Crippen LogP contribution is 2.23. The van der Waals surface area contributed by atoms with Crippen molar-refractivity contribution in [2.45, 2.75) is 20.0 Å². The van der Waals surface area contributed by atoms with Crippen molar-refractivity contribution in [1.82, 2.24) is 0 Å². The van der Waals surface area contributed by atoms with Crippen molar-refractivity contribution >= 4 is 5.69 Å². The quantitative estimate of drug-likeness (QED) is 0.721. The topological polar surface area (TPSA) is 36.3 Å². The number of ether oxygens (including phenoxy) is 1. The number of hydrogen-bond acceptors (Lipinski definition) is 3.